The Bertz CT molecular complexity index is 962. The number of nitrogens with one attached hydrogen (secondary N) is 2. The van der Waals surface area contributed by atoms with E-state index in [2.05, 4.69) is 15.3 Å². The topological polar surface area (TPSA) is 93.0 Å². The number of anilines is 1. The number of fused-ring (bicyclic) bond motifs is 1. The Balaban J connectivity index is 1.53. The molecule has 4 N–H and O–H groups in total. The normalized spacial score (nSPS) is 16.4. The van der Waals surface area contributed by atoms with Gasteiger partial charge in [-0.25, -0.2) is 4.98 Å². The van der Waals surface area contributed by atoms with Crippen molar-refractivity contribution in [3.63, 3.8) is 0 Å². The number of nitrogens with two attached hydrogens (primary N) is 1. The Kier molecular flexibility index (Phi) is 4.86. The highest BCUT2D eigenvalue weighted by molar-refractivity contribution is 6.35. The van der Waals surface area contributed by atoms with Crippen molar-refractivity contribution in [2.45, 2.75) is 12.8 Å². The second-order valence-corrected chi connectivity index (χ2v) is 7.26. The van der Waals surface area contributed by atoms with E-state index in [1.54, 1.807) is 0 Å². The minimum atomic E-state index is -0.549. The fourth-order valence-electron chi connectivity index (χ4n) is 3.39. The van der Waals surface area contributed by atoms with Crippen LogP contribution >= 0.6 is 11.6 Å². The fourth-order valence-corrected chi connectivity index (χ4v) is 3.61. The highest BCUT2D eigenvalue weighted by atomic mass is 35.5. The number of carbonyl (C=O) groups excluding carboxylic acids is 1. The molecular formula is C20H21ClN4O2. The molecule has 0 aliphatic carbocycles. The van der Waals surface area contributed by atoms with Crippen molar-refractivity contribution in [3.8, 4) is 11.4 Å². The van der Waals surface area contributed by atoms with Gasteiger partial charge in [0.05, 0.1) is 16.0 Å². The summed E-state index contributed by atoms with van der Waals surface area (Å²) in [5.74, 6) is 0.690. The fraction of sp³-hybridized carbons (Fsp3) is 0.300. The van der Waals surface area contributed by atoms with Gasteiger partial charge in [-0.15, -0.1) is 0 Å². The first-order chi connectivity index (χ1) is 13.1. The molecule has 3 aromatic rings. The maximum Gasteiger partial charge on any atom is 0.232 e. The largest absolute Gasteiger partial charge is 0.381 e. The van der Waals surface area contributed by atoms with Crippen LogP contribution in [-0.2, 0) is 9.53 Å². The van der Waals surface area contributed by atoms with Crippen LogP contribution in [0.4, 0.5) is 5.69 Å². The van der Waals surface area contributed by atoms with Crippen LogP contribution in [0.1, 0.15) is 12.8 Å². The van der Waals surface area contributed by atoms with Crippen molar-refractivity contribution >= 4 is 34.2 Å². The zero-order valence-corrected chi connectivity index (χ0v) is 15.6. The Morgan fingerprint density at radius 2 is 1.96 bits per heavy atom. The predicted octanol–water partition coefficient (Wildman–Crippen LogP) is 3.58. The highest BCUT2D eigenvalue weighted by Gasteiger charge is 2.38. The summed E-state index contributed by atoms with van der Waals surface area (Å²) in [7, 11) is 0. The lowest BCUT2D eigenvalue weighted by Crippen LogP contribution is -2.46. The van der Waals surface area contributed by atoms with E-state index >= 15 is 0 Å². The summed E-state index contributed by atoms with van der Waals surface area (Å²) in [4.78, 5) is 20.6. The van der Waals surface area contributed by atoms with Gasteiger partial charge < -0.3 is 20.8 Å². The van der Waals surface area contributed by atoms with Crippen molar-refractivity contribution in [1.29, 1.82) is 0 Å². The van der Waals surface area contributed by atoms with Gasteiger partial charge in [-0.3, -0.25) is 4.79 Å². The number of benzene rings is 2. The van der Waals surface area contributed by atoms with Gasteiger partial charge >= 0.3 is 0 Å². The number of ether oxygens (including phenoxy) is 1. The molecule has 4 rings (SSSR count). The maximum absolute atomic E-state index is 12.8. The summed E-state index contributed by atoms with van der Waals surface area (Å²) in [5, 5.41) is 3.60. The Hall–Kier alpha value is -2.41. The van der Waals surface area contributed by atoms with Crippen molar-refractivity contribution in [2.24, 2.45) is 11.1 Å². The molecular weight excluding hydrogens is 364 g/mol. The number of aromatic amines is 1. The number of aromatic nitrogens is 2. The summed E-state index contributed by atoms with van der Waals surface area (Å²) in [6.45, 7) is 1.45. The van der Waals surface area contributed by atoms with Crippen molar-refractivity contribution in [1.82, 2.24) is 9.97 Å². The van der Waals surface area contributed by atoms with Gasteiger partial charge in [0.2, 0.25) is 5.91 Å². The third kappa shape index (κ3) is 3.43. The summed E-state index contributed by atoms with van der Waals surface area (Å²) in [6, 6.07) is 13.2. The number of amides is 1. The molecule has 1 aliphatic heterocycles. The molecule has 27 heavy (non-hydrogen) atoms. The number of H-pyrrole nitrogens is 1. The number of nitrogens with zero attached hydrogens (tertiary/aromatic N) is 1. The molecule has 7 heteroatoms. The third-order valence-electron chi connectivity index (χ3n) is 5.20. The standard InChI is InChI=1S/C20H21ClN4O2/c21-15-2-1-3-16-17(15)25-18(24-16)13-4-6-14(7-5-13)23-19(26)20(12-22)8-10-27-11-9-20/h1-7H,8-12,22H2,(H,23,26)(H,24,25). The van der Waals surface area contributed by atoms with Gasteiger partial charge in [0.25, 0.3) is 0 Å². The van der Waals surface area contributed by atoms with Gasteiger partial charge in [0.1, 0.15) is 11.3 Å². The maximum atomic E-state index is 12.8. The van der Waals surface area contributed by atoms with Crippen LogP contribution in [0.5, 0.6) is 0 Å². The van der Waals surface area contributed by atoms with Crippen LogP contribution in [0.25, 0.3) is 22.4 Å². The Morgan fingerprint density at radius 3 is 2.63 bits per heavy atom. The molecule has 0 spiro atoms. The van der Waals surface area contributed by atoms with Crippen LogP contribution in [0.3, 0.4) is 0 Å². The van der Waals surface area contributed by atoms with E-state index < -0.39 is 5.41 Å². The first kappa shape index (κ1) is 18.0. The second-order valence-electron chi connectivity index (χ2n) is 6.85. The summed E-state index contributed by atoms with van der Waals surface area (Å²) < 4.78 is 5.37. The zero-order valence-electron chi connectivity index (χ0n) is 14.8. The minimum absolute atomic E-state index is 0.0448. The summed E-state index contributed by atoms with van der Waals surface area (Å²) in [5.41, 5.74) is 8.64. The van der Waals surface area contributed by atoms with Crippen molar-refractivity contribution in [2.75, 3.05) is 25.1 Å². The molecule has 1 aliphatic rings. The molecule has 0 saturated carbocycles. The van der Waals surface area contributed by atoms with Gasteiger partial charge in [0, 0.05) is 31.0 Å². The molecule has 0 atom stereocenters. The molecule has 1 saturated heterocycles. The molecule has 1 amide bonds. The van der Waals surface area contributed by atoms with Crippen LogP contribution < -0.4 is 11.1 Å². The number of hydrogen-bond acceptors (Lipinski definition) is 4. The average molecular weight is 385 g/mol. The number of rotatable bonds is 4. The van der Waals surface area contributed by atoms with E-state index in [0.29, 0.717) is 37.6 Å². The molecule has 1 fully saturated rings. The van der Waals surface area contributed by atoms with E-state index in [1.807, 2.05) is 42.5 Å². The number of para-hydroxylation sites is 1. The molecule has 0 unspecified atom stereocenters. The third-order valence-corrected chi connectivity index (χ3v) is 5.51. The van der Waals surface area contributed by atoms with E-state index in [0.717, 1.165) is 28.1 Å². The van der Waals surface area contributed by atoms with Crippen molar-refractivity contribution in [3.05, 3.63) is 47.5 Å². The second kappa shape index (κ2) is 7.31. The first-order valence-corrected chi connectivity index (χ1v) is 9.33. The molecule has 1 aromatic heterocycles. The predicted molar refractivity (Wildman–Crippen MR) is 107 cm³/mol. The lowest BCUT2D eigenvalue weighted by molar-refractivity contribution is -0.130. The van der Waals surface area contributed by atoms with E-state index in [9.17, 15) is 4.79 Å². The molecule has 0 bridgehead atoms. The van der Waals surface area contributed by atoms with Gasteiger partial charge in [-0.05, 0) is 49.2 Å². The number of halogens is 1. The number of hydrogen-bond donors (Lipinski definition) is 3. The molecule has 140 valence electrons. The summed E-state index contributed by atoms with van der Waals surface area (Å²) in [6.07, 6.45) is 1.29. The zero-order chi connectivity index (χ0) is 18.9. The Morgan fingerprint density at radius 1 is 1.22 bits per heavy atom. The summed E-state index contributed by atoms with van der Waals surface area (Å²) >= 11 is 6.19. The quantitative estimate of drug-likeness (QED) is 0.641. The smallest absolute Gasteiger partial charge is 0.232 e. The van der Waals surface area contributed by atoms with Crippen LogP contribution in [0.15, 0.2) is 42.5 Å². The molecule has 6 nitrogen and oxygen atoms in total. The molecule has 2 aromatic carbocycles. The van der Waals surface area contributed by atoms with Crippen molar-refractivity contribution < 1.29 is 9.53 Å². The van der Waals surface area contributed by atoms with Crippen LogP contribution in [0, 0.1) is 5.41 Å². The SMILES string of the molecule is NCC1(C(=O)Nc2ccc(-c3nc4c(Cl)cccc4[nH]3)cc2)CCOCC1. The van der Waals surface area contributed by atoms with E-state index in [-0.39, 0.29) is 5.91 Å². The van der Waals surface area contributed by atoms with Gasteiger partial charge in [-0.1, -0.05) is 17.7 Å². The highest BCUT2D eigenvalue weighted by Crippen LogP contribution is 2.31. The Labute approximate surface area is 162 Å². The molecule has 2 heterocycles. The average Bonchev–Trinajstić information content (AvgIpc) is 3.15. The first-order valence-electron chi connectivity index (χ1n) is 8.95. The lowest BCUT2D eigenvalue weighted by Gasteiger charge is -2.34. The minimum Gasteiger partial charge on any atom is -0.381 e. The monoisotopic (exact) mass is 384 g/mol. The molecule has 0 radical (unpaired) electrons. The number of carbonyl (C=O) groups is 1. The van der Waals surface area contributed by atoms with Crippen LogP contribution in [0.2, 0.25) is 5.02 Å². The van der Waals surface area contributed by atoms with Crippen LogP contribution in [-0.4, -0.2) is 35.6 Å². The lowest BCUT2D eigenvalue weighted by atomic mass is 9.79. The van der Waals surface area contributed by atoms with E-state index in [1.165, 1.54) is 0 Å². The van der Waals surface area contributed by atoms with Gasteiger partial charge in [0.15, 0.2) is 0 Å². The van der Waals surface area contributed by atoms with Gasteiger partial charge in [-0.2, -0.15) is 0 Å². The number of imidazole rings is 1. The van der Waals surface area contributed by atoms with E-state index in [4.69, 9.17) is 22.1 Å².